The number of nitrogens with one attached hydrogen (secondary N) is 1. The Morgan fingerprint density at radius 2 is 2.00 bits per heavy atom. The predicted molar refractivity (Wildman–Crippen MR) is 56.5 cm³/mol. The molecule has 0 saturated carbocycles. The van der Waals surface area contributed by atoms with Crippen molar-refractivity contribution >= 4 is 11.5 Å². The van der Waals surface area contributed by atoms with Gasteiger partial charge in [-0.15, -0.1) is 0 Å². The average molecular weight is 190 g/mol. The number of ketones is 1. The van der Waals surface area contributed by atoms with Crippen LogP contribution in [0.5, 0.6) is 0 Å². The van der Waals surface area contributed by atoms with Crippen LogP contribution in [0.15, 0.2) is 30.3 Å². The molecule has 74 valence electrons. The van der Waals surface area contributed by atoms with Gasteiger partial charge in [-0.3, -0.25) is 4.79 Å². The summed E-state index contributed by atoms with van der Waals surface area (Å²) in [5.74, 6) is 0.256. The zero-order valence-electron chi connectivity index (χ0n) is 8.07. The monoisotopic (exact) mass is 190 g/mol. The molecule has 1 aliphatic rings. The molecule has 1 aromatic rings. The number of nitrogens with zero attached hydrogens (tertiary/aromatic N) is 1. The highest BCUT2D eigenvalue weighted by Gasteiger charge is 2.14. The molecule has 0 unspecified atom stereocenters. The molecule has 0 radical (unpaired) electrons. The number of hydrogen-bond donors (Lipinski definition) is 1. The molecule has 2 rings (SSSR count). The maximum atomic E-state index is 11.4. The maximum absolute atomic E-state index is 11.4. The van der Waals surface area contributed by atoms with E-state index in [2.05, 4.69) is 10.2 Å². The largest absolute Gasteiger partial charge is 0.363 e. The molecule has 0 spiro atoms. The van der Waals surface area contributed by atoms with Gasteiger partial charge in [0.2, 0.25) is 0 Å². The number of hydrogen-bond acceptors (Lipinski definition) is 3. The third kappa shape index (κ3) is 2.12. The molecule has 1 heterocycles. The van der Waals surface area contributed by atoms with Crippen LogP contribution in [0.25, 0.3) is 0 Å². The molecule has 14 heavy (non-hydrogen) atoms. The van der Waals surface area contributed by atoms with Gasteiger partial charge in [-0.2, -0.15) is 0 Å². The first kappa shape index (κ1) is 9.21. The van der Waals surface area contributed by atoms with Crippen LogP contribution in [0, 0.1) is 0 Å². The molecule has 0 aromatic heterocycles. The second-order valence-corrected chi connectivity index (χ2v) is 3.47. The van der Waals surface area contributed by atoms with E-state index in [9.17, 15) is 4.79 Å². The number of benzene rings is 1. The van der Waals surface area contributed by atoms with Gasteiger partial charge < -0.3 is 10.2 Å². The van der Waals surface area contributed by atoms with E-state index in [1.807, 2.05) is 30.3 Å². The normalized spacial score (nSPS) is 18.0. The predicted octanol–water partition coefficient (Wildman–Crippen LogP) is 0.665. The number of para-hydroxylation sites is 1. The fourth-order valence-corrected chi connectivity index (χ4v) is 1.65. The summed E-state index contributed by atoms with van der Waals surface area (Å²) < 4.78 is 0. The summed E-state index contributed by atoms with van der Waals surface area (Å²) in [6.45, 7) is 2.80. The highest BCUT2D eigenvalue weighted by molar-refractivity contribution is 5.85. The van der Waals surface area contributed by atoms with Crippen LogP contribution in [-0.2, 0) is 4.79 Å². The smallest absolute Gasteiger partial charge is 0.165 e. The van der Waals surface area contributed by atoms with Crippen LogP contribution in [0.1, 0.15) is 0 Å². The summed E-state index contributed by atoms with van der Waals surface area (Å²) in [6, 6.07) is 10.1. The minimum absolute atomic E-state index is 0.256. The average Bonchev–Trinajstić information content (AvgIpc) is 2.44. The van der Waals surface area contributed by atoms with E-state index in [1.54, 1.807) is 0 Å². The number of carbonyl (C=O) groups is 1. The molecule has 1 saturated heterocycles. The summed E-state index contributed by atoms with van der Waals surface area (Å²) >= 11 is 0. The minimum atomic E-state index is 0.256. The Bertz CT molecular complexity index is 310. The van der Waals surface area contributed by atoms with Crippen molar-refractivity contribution in [3.63, 3.8) is 0 Å². The van der Waals surface area contributed by atoms with Gasteiger partial charge in [-0.05, 0) is 12.1 Å². The summed E-state index contributed by atoms with van der Waals surface area (Å²) in [6.07, 6.45) is 0. The highest BCUT2D eigenvalue weighted by Crippen LogP contribution is 2.12. The van der Waals surface area contributed by atoms with Crippen molar-refractivity contribution < 1.29 is 4.79 Å². The molecule has 3 nitrogen and oxygen atoms in total. The van der Waals surface area contributed by atoms with Crippen molar-refractivity contribution in [2.45, 2.75) is 0 Å². The molecule has 1 N–H and O–H groups in total. The second-order valence-electron chi connectivity index (χ2n) is 3.47. The number of carbonyl (C=O) groups excluding carboxylic acids is 1. The van der Waals surface area contributed by atoms with E-state index in [4.69, 9.17) is 0 Å². The van der Waals surface area contributed by atoms with Crippen molar-refractivity contribution in [1.82, 2.24) is 5.32 Å². The van der Waals surface area contributed by atoms with Gasteiger partial charge in [0.1, 0.15) is 0 Å². The van der Waals surface area contributed by atoms with Gasteiger partial charge in [0.05, 0.1) is 13.1 Å². The molecular weight excluding hydrogens is 176 g/mol. The Balaban J connectivity index is 2.13. The number of anilines is 1. The SMILES string of the molecule is O=C1CNCCN(c2ccccc2)C1. The molecule has 1 fully saturated rings. The van der Waals surface area contributed by atoms with Crippen molar-refractivity contribution in [2.75, 3.05) is 31.1 Å². The standard InChI is InChI=1S/C11H14N2O/c14-11-8-12-6-7-13(9-11)10-4-2-1-3-5-10/h1-5,12H,6-9H2. The van der Waals surface area contributed by atoms with Crippen LogP contribution in [0.3, 0.4) is 0 Å². The molecule has 0 atom stereocenters. The summed E-state index contributed by atoms with van der Waals surface area (Å²) in [5.41, 5.74) is 1.13. The van der Waals surface area contributed by atoms with E-state index in [1.165, 1.54) is 0 Å². The van der Waals surface area contributed by atoms with Gasteiger partial charge in [0, 0.05) is 18.8 Å². The van der Waals surface area contributed by atoms with Crippen molar-refractivity contribution in [2.24, 2.45) is 0 Å². The van der Waals surface area contributed by atoms with Crippen LogP contribution < -0.4 is 10.2 Å². The van der Waals surface area contributed by atoms with Gasteiger partial charge >= 0.3 is 0 Å². The third-order valence-electron chi connectivity index (χ3n) is 2.37. The van der Waals surface area contributed by atoms with Gasteiger partial charge in [0.15, 0.2) is 5.78 Å². The molecule has 0 aliphatic carbocycles. The zero-order chi connectivity index (χ0) is 9.80. The van der Waals surface area contributed by atoms with Crippen molar-refractivity contribution in [3.8, 4) is 0 Å². The highest BCUT2D eigenvalue weighted by atomic mass is 16.1. The Hall–Kier alpha value is -1.35. The van der Waals surface area contributed by atoms with Crippen LogP contribution in [0.4, 0.5) is 5.69 Å². The fraction of sp³-hybridized carbons (Fsp3) is 0.364. The Morgan fingerprint density at radius 1 is 1.21 bits per heavy atom. The lowest BCUT2D eigenvalue weighted by Gasteiger charge is -2.21. The lowest BCUT2D eigenvalue weighted by Crippen LogP contribution is -2.29. The number of rotatable bonds is 1. The van der Waals surface area contributed by atoms with Gasteiger partial charge in [0.25, 0.3) is 0 Å². The van der Waals surface area contributed by atoms with Crippen molar-refractivity contribution in [1.29, 1.82) is 0 Å². The van der Waals surface area contributed by atoms with Crippen molar-refractivity contribution in [3.05, 3.63) is 30.3 Å². The van der Waals surface area contributed by atoms with Crippen LogP contribution in [-0.4, -0.2) is 32.0 Å². The Kier molecular flexibility index (Phi) is 2.79. The zero-order valence-corrected chi connectivity index (χ0v) is 8.07. The van der Waals surface area contributed by atoms with E-state index in [-0.39, 0.29) is 5.78 Å². The molecule has 1 aliphatic heterocycles. The van der Waals surface area contributed by atoms with E-state index >= 15 is 0 Å². The first-order chi connectivity index (χ1) is 6.86. The lowest BCUT2D eigenvalue weighted by atomic mass is 10.2. The maximum Gasteiger partial charge on any atom is 0.165 e. The van der Waals surface area contributed by atoms with Gasteiger partial charge in [-0.1, -0.05) is 18.2 Å². The van der Waals surface area contributed by atoms with E-state index in [0.717, 1.165) is 18.8 Å². The molecule has 0 bridgehead atoms. The molecule has 3 heteroatoms. The fourth-order valence-electron chi connectivity index (χ4n) is 1.65. The summed E-state index contributed by atoms with van der Waals surface area (Å²) in [7, 11) is 0. The van der Waals surface area contributed by atoms with E-state index in [0.29, 0.717) is 13.1 Å². The summed E-state index contributed by atoms with van der Waals surface area (Å²) in [4.78, 5) is 13.5. The second kappa shape index (κ2) is 4.24. The molecular formula is C11H14N2O. The quantitative estimate of drug-likeness (QED) is 0.706. The summed E-state index contributed by atoms with van der Waals surface area (Å²) in [5, 5.41) is 3.11. The van der Waals surface area contributed by atoms with Crippen LogP contribution >= 0.6 is 0 Å². The Morgan fingerprint density at radius 3 is 2.79 bits per heavy atom. The minimum Gasteiger partial charge on any atom is -0.363 e. The molecule has 1 aromatic carbocycles. The third-order valence-corrected chi connectivity index (χ3v) is 2.37. The Labute approximate surface area is 83.7 Å². The lowest BCUT2D eigenvalue weighted by molar-refractivity contribution is -0.116. The topological polar surface area (TPSA) is 32.3 Å². The molecule has 0 amide bonds. The van der Waals surface area contributed by atoms with Gasteiger partial charge in [-0.25, -0.2) is 0 Å². The first-order valence-electron chi connectivity index (χ1n) is 4.89. The number of Topliss-reactive ketones (excluding diaryl/α,β-unsaturated/α-hetero) is 1. The van der Waals surface area contributed by atoms with E-state index < -0.39 is 0 Å². The first-order valence-corrected chi connectivity index (χ1v) is 4.89. The van der Waals surface area contributed by atoms with Crippen LogP contribution in [0.2, 0.25) is 0 Å².